The monoisotopic (exact) mass is 205 g/mol. The lowest BCUT2D eigenvalue weighted by Crippen LogP contribution is -2.38. The van der Waals surface area contributed by atoms with E-state index in [1.165, 1.54) is 12.8 Å². The molecule has 0 saturated heterocycles. The van der Waals surface area contributed by atoms with Gasteiger partial charge < -0.3 is 5.73 Å². The van der Waals surface area contributed by atoms with Crippen LogP contribution in [0.1, 0.15) is 31.5 Å². The standard InChI is InChI=1S/C12H19N3/c1-9(13)12(15(2)10-6-7-10)11-5-3-4-8-14-11/h3-5,8-10,12H,6-7,13H2,1-2H3. The van der Waals surface area contributed by atoms with Crippen molar-refractivity contribution < 1.29 is 0 Å². The summed E-state index contributed by atoms with van der Waals surface area (Å²) in [4.78, 5) is 6.78. The minimum atomic E-state index is 0.116. The average Bonchev–Trinajstić information content (AvgIpc) is 3.02. The smallest absolute Gasteiger partial charge is 0.0670 e. The summed E-state index contributed by atoms with van der Waals surface area (Å²) in [7, 11) is 2.15. The third-order valence-electron chi connectivity index (χ3n) is 3.05. The lowest BCUT2D eigenvalue weighted by molar-refractivity contribution is 0.205. The van der Waals surface area contributed by atoms with Gasteiger partial charge in [-0.25, -0.2) is 0 Å². The first-order valence-corrected chi connectivity index (χ1v) is 5.58. The van der Waals surface area contributed by atoms with Crippen LogP contribution >= 0.6 is 0 Å². The summed E-state index contributed by atoms with van der Waals surface area (Å²) in [5, 5.41) is 0. The molecule has 1 heterocycles. The highest BCUT2D eigenvalue weighted by atomic mass is 15.2. The zero-order chi connectivity index (χ0) is 10.8. The first-order chi connectivity index (χ1) is 7.20. The van der Waals surface area contributed by atoms with Crippen LogP contribution in [0.2, 0.25) is 0 Å². The predicted octanol–water partition coefficient (Wildman–Crippen LogP) is 1.56. The Labute approximate surface area is 91.3 Å². The van der Waals surface area contributed by atoms with E-state index in [9.17, 15) is 0 Å². The van der Waals surface area contributed by atoms with Gasteiger partial charge in [0.2, 0.25) is 0 Å². The third kappa shape index (κ3) is 2.36. The van der Waals surface area contributed by atoms with Crippen molar-refractivity contribution in [2.45, 2.75) is 37.9 Å². The van der Waals surface area contributed by atoms with Crippen LogP contribution < -0.4 is 5.73 Å². The Morgan fingerprint density at radius 3 is 2.67 bits per heavy atom. The highest BCUT2D eigenvalue weighted by molar-refractivity contribution is 5.12. The number of nitrogens with two attached hydrogens (primary N) is 1. The summed E-state index contributed by atoms with van der Waals surface area (Å²) in [5.41, 5.74) is 7.14. The van der Waals surface area contributed by atoms with E-state index in [2.05, 4.69) is 29.9 Å². The lowest BCUT2D eigenvalue weighted by Gasteiger charge is -2.30. The molecule has 0 bridgehead atoms. The minimum absolute atomic E-state index is 0.116. The summed E-state index contributed by atoms with van der Waals surface area (Å²) in [6.45, 7) is 2.05. The van der Waals surface area contributed by atoms with Crippen LogP contribution in [0, 0.1) is 0 Å². The Balaban J connectivity index is 2.19. The van der Waals surface area contributed by atoms with Crippen LogP contribution in [0.4, 0.5) is 0 Å². The van der Waals surface area contributed by atoms with E-state index in [0.29, 0.717) is 6.04 Å². The largest absolute Gasteiger partial charge is 0.326 e. The third-order valence-corrected chi connectivity index (χ3v) is 3.05. The topological polar surface area (TPSA) is 42.1 Å². The van der Waals surface area contributed by atoms with Crippen LogP contribution in [0.3, 0.4) is 0 Å². The second-order valence-electron chi connectivity index (χ2n) is 4.46. The van der Waals surface area contributed by atoms with Gasteiger partial charge in [0.05, 0.1) is 11.7 Å². The van der Waals surface area contributed by atoms with Gasteiger partial charge >= 0.3 is 0 Å². The van der Waals surface area contributed by atoms with Gasteiger partial charge in [-0.05, 0) is 38.9 Å². The maximum absolute atomic E-state index is 6.05. The SMILES string of the molecule is CC(N)C(c1ccccn1)N(C)C1CC1. The summed E-state index contributed by atoms with van der Waals surface area (Å²) < 4.78 is 0. The van der Waals surface area contributed by atoms with E-state index in [-0.39, 0.29) is 12.1 Å². The molecule has 1 fully saturated rings. The Morgan fingerprint density at radius 1 is 1.47 bits per heavy atom. The second kappa shape index (κ2) is 4.29. The Morgan fingerprint density at radius 2 is 2.20 bits per heavy atom. The molecule has 1 aliphatic rings. The van der Waals surface area contributed by atoms with Gasteiger partial charge in [-0.2, -0.15) is 0 Å². The molecule has 3 nitrogen and oxygen atoms in total. The molecule has 0 aliphatic heterocycles. The molecular formula is C12H19N3. The van der Waals surface area contributed by atoms with Crippen molar-refractivity contribution in [3.8, 4) is 0 Å². The van der Waals surface area contributed by atoms with Crippen molar-refractivity contribution in [1.82, 2.24) is 9.88 Å². The maximum Gasteiger partial charge on any atom is 0.0670 e. The maximum atomic E-state index is 6.05. The molecule has 15 heavy (non-hydrogen) atoms. The van der Waals surface area contributed by atoms with E-state index in [4.69, 9.17) is 5.73 Å². The summed E-state index contributed by atoms with van der Waals surface area (Å²) in [6, 6.07) is 7.11. The second-order valence-corrected chi connectivity index (χ2v) is 4.46. The van der Waals surface area contributed by atoms with Gasteiger partial charge in [-0.3, -0.25) is 9.88 Å². The molecule has 0 spiro atoms. The number of aromatic nitrogens is 1. The van der Waals surface area contributed by atoms with Gasteiger partial charge in [0.1, 0.15) is 0 Å². The van der Waals surface area contributed by atoms with Crippen molar-refractivity contribution in [3.05, 3.63) is 30.1 Å². The summed E-state index contributed by atoms with van der Waals surface area (Å²) in [6.07, 6.45) is 4.44. The molecule has 0 radical (unpaired) electrons. The van der Waals surface area contributed by atoms with Crippen LogP contribution in [0.15, 0.2) is 24.4 Å². The van der Waals surface area contributed by atoms with Gasteiger partial charge in [-0.1, -0.05) is 6.07 Å². The van der Waals surface area contributed by atoms with Gasteiger partial charge in [-0.15, -0.1) is 0 Å². The molecule has 1 aromatic heterocycles. The van der Waals surface area contributed by atoms with Crippen LogP contribution in [0.5, 0.6) is 0 Å². The zero-order valence-corrected chi connectivity index (χ0v) is 9.43. The van der Waals surface area contributed by atoms with Crippen molar-refractivity contribution in [1.29, 1.82) is 0 Å². The van der Waals surface area contributed by atoms with Crippen LogP contribution in [-0.4, -0.2) is 29.0 Å². The number of hydrogen-bond acceptors (Lipinski definition) is 3. The average molecular weight is 205 g/mol. The van der Waals surface area contributed by atoms with E-state index in [1.54, 1.807) is 0 Å². The zero-order valence-electron chi connectivity index (χ0n) is 9.43. The Bertz CT molecular complexity index is 306. The van der Waals surface area contributed by atoms with E-state index >= 15 is 0 Å². The summed E-state index contributed by atoms with van der Waals surface area (Å²) in [5.74, 6) is 0. The number of rotatable bonds is 4. The predicted molar refractivity (Wildman–Crippen MR) is 61.4 cm³/mol. The molecule has 0 aromatic carbocycles. The quantitative estimate of drug-likeness (QED) is 0.811. The van der Waals surface area contributed by atoms with Gasteiger partial charge in [0, 0.05) is 18.3 Å². The highest BCUT2D eigenvalue weighted by Gasteiger charge is 2.33. The molecule has 2 rings (SSSR count). The number of pyridine rings is 1. The number of nitrogens with zero attached hydrogens (tertiary/aromatic N) is 2. The van der Waals surface area contributed by atoms with Gasteiger partial charge in [0.25, 0.3) is 0 Å². The number of likely N-dealkylation sites (N-methyl/N-ethyl adjacent to an activating group) is 1. The van der Waals surface area contributed by atoms with Crippen LogP contribution in [0.25, 0.3) is 0 Å². The Kier molecular flexibility index (Phi) is 3.03. The minimum Gasteiger partial charge on any atom is -0.326 e. The van der Waals surface area contributed by atoms with Gasteiger partial charge in [0.15, 0.2) is 0 Å². The molecule has 1 aromatic rings. The van der Waals surface area contributed by atoms with E-state index < -0.39 is 0 Å². The molecule has 82 valence electrons. The molecule has 1 aliphatic carbocycles. The normalized spacial score (nSPS) is 20.3. The molecule has 0 amide bonds. The van der Waals surface area contributed by atoms with E-state index in [1.807, 2.05) is 18.3 Å². The van der Waals surface area contributed by atoms with E-state index in [0.717, 1.165) is 5.69 Å². The summed E-state index contributed by atoms with van der Waals surface area (Å²) >= 11 is 0. The fourth-order valence-corrected chi connectivity index (χ4v) is 2.11. The molecule has 2 unspecified atom stereocenters. The first kappa shape index (κ1) is 10.6. The van der Waals surface area contributed by atoms with Crippen molar-refractivity contribution in [2.24, 2.45) is 5.73 Å². The van der Waals surface area contributed by atoms with Crippen molar-refractivity contribution in [3.63, 3.8) is 0 Å². The van der Waals surface area contributed by atoms with Crippen molar-refractivity contribution >= 4 is 0 Å². The Hall–Kier alpha value is -0.930. The lowest BCUT2D eigenvalue weighted by atomic mass is 10.0. The molecular weight excluding hydrogens is 186 g/mol. The molecule has 2 N–H and O–H groups in total. The molecule has 2 atom stereocenters. The van der Waals surface area contributed by atoms with Crippen LogP contribution in [-0.2, 0) is 0 Å². The fraction of sp³-hybridized carbons (Fsp3) is 0.583. The number of hydrogen-bond donors (Lipinski definition) is 1. The van der Waals surface area contributed by atoms with Crippen molar-refractivity contribution in [2.75, 3.05) is 7.05 Å². The molecule has 3 heteroatoms. The highest BCUT2D eigenvalue weighted by Crippen LogP contribution is 2.33. The fourth-order valence-electron chi connectivity index (χ4n) is 2.11. The molecule has 1 saturated carbocycles. The first-order valence-electron chi connectivity index (χ1n) is 5.58.